The molecule has 1 atom stereocenters. The predicted octanol–water partition coefficient (Wildman–Crippen LogP) is 3.41. The summed E-state index contributed by atoms with van der Waals surface area (Å²) in [6, 6.07) is 6.31. The third kappa shape index (κ3) is 4.59. The van der Waals surface area contributed by atoms with E-state index in [4.69, 9.17) is 0 Å². The molecule has 1 aromatic heterocycles. The summed E-state index contributed by atoms with van der Waals surface area (Å²) in [5, 5.41) is 17.1. The number of fused-ring (bicyclic) bond motifs is 1. The lowest BCUT2D eigenvalue weighted by molar-refractivity contribution is -0.142. The third-order valence-electron chi connectivity index (χ3n) is 4.26. The summed E-state index contributed by atoms with van der Waals surface area (Å²) >= 11 is 0. The van der Waals surface area contributed by atoms with Crippen molar-refractivity contribution in [2.45, 2.75) is 52.6 Å². The van der Waals surface area contributed by atoms with Crippen molar-refractivity contribution in [2.24, 2.45) is 5.41 Å². The van der Waals surface area contributed by atoms with Crippen LogP contribution < -0.4 is 5.32 Å². The number of aliphatic carboxylic acids is 1. The van der Waals surface area contributed by atoms with Gasteiger partial charge < -0.3 is 10.4 Å². The van der Waals surface area contributed by atoms with E-state index in [0.717, 1.165) is 18.4 Å². The van der Waals surface area contributed by atoms with E-state index in [9.17, 15) is 19.1 Å². The Morgan fingerprint density at radius 2 is 1.92 bits per heavy atom. The number of hydrogen-bond acceptors (Lipinski definition) is 3. The summed E-state index contributed by atoms with van der Waals surface area (Å²) in [7, 11) is 0. The molecule has 0 aliphatic carbocycles. The van der Waals surface area contributed by atoms with Crippen molar-refractivity contribution in [1.29, 1.82) is 0 Å². The molecule has 0 spiro atoms. The van der Waals surface area contributed by atoms with Crippen molar-refractivity contribution in [2.75, 3.05) is 6.67 Å². The minimum atomic E-state index is -1.08. The Bertz CT molecular complexity index is 780. The Balaban J connectivity index is 2.28. The molecule has 0 aliphatic rings. The number of unbranched alkanes of at least 4 members (excludes halogenated alkanes) is 2. The number of carboxylic acid groups (broad SMARTS) is 1. The summed E-state index contributed by atoms with van der Waals surface area (Å²) in [6.45, 7) is 5.52. The molecule has 0 bridgehead atoms. The van der Waals surface area contributed by atoms with Crippen molar-refractivity contribution in [3.8, 4) is 0 Å². The fourth-order valence-electron chi connectivity index (χ4n) is 2.85. The van der Waals surface area contributed by atoms with Crippen molar-refractivity contribution >= 4 is 22.8 Å². The molecule has 1 aromatic carbocycles. The zero-order valence-corrected chi connectivity index (χ0v) is 15.5. The smallest absolute Gasteiger partial charge is 0.326 e. The highest BCUT2D eigenvalue weighted by molar-refractivity contribution is 6.06. The number of benzene rings is 1. The van der Waals surface area contributed by atoms with Crippen LogP contribution in [0.5, 0.6) is 0 Å². The zero-order valence-electron chi connectivity index (χ0n) is 15.5. The Kier molecular flexibility index (Phi) is 6.34. The van der Waals surface area contributed by atoms with Gasteiger partial charge in [0.2, 0.25) is 0 Å². The first-order valence-corrected chi connectivity index (χ1v) is 8.81. The van der Waals surface area contributed by atoms with Crippen LogP contribution in [0.2, 0.25) is 0 Å². The number of aryl methyl sites for hydroxylation is 1. The monoisotopic (exact) mass is 363 g/mol. The Morgan fingerprint density at radius 3 is 2.54 bits per heavy atom. The van der Waals surface area contributed by atoms with Gasteiger partial charge in [0.25, 0.3) is 5.91 Å². The van der Waals surface area contributed by atoms with E-state index in [1.54, 1.807) is 31.5 Å². The average molecular weight is 363 g/mol. The number of hydrogen-bond donors (Lipinski definition) is 2. The Labute approximate surface area is 152 Å². The van der Waals surface area contributed by atoms with E-state index < -0.39 is 23.3 Å². The summed E-state index contributed by atoms with van der Waals surface area (Å²) < 4.78 is 14.0. The molecular formula is C19H26FN3O3. The quantitative estimate of drug-likeness (QED) is 0.704. The number of nitrogens with one attached hydrogen (secondary N) is 1. The maximum absolute atomic E-state index is 12.7. The summed E-state index contributed by atoms with van der Waals surface area (Å²) in [6.07, 6.45) is 2.02. The van der Waals surface area contributed by atoms with Crippen LogP contribution in [0.3, 0.4) is 0 Å². The lowest BCUT2D eigenvalue weighted by atomic mass is 9.86. The number of halogens is 1. The minimum Gasteiger partial charge on any atom is -0.480 e. The molecule has 142 valence electrons. The maximum Gasteiger partial charge on any atom is 0.326 e. The average Bonchev–Trinajstić information content (AvgIpc) is 2.94. The van der Waals surface area contributed by atoms with Crippen LogP contribution in [0.15, 0.2) is 24.3 Å². The van der Waals surface area contributed by atoms with E-state index >= 15 is 0 Å². The van der Waals surface area contributed by atoms with Crippen molar-refractivity contribution < 1.29 is 19.1 Å². The van der Waals surface area contributed by atoms with Crippen LogP contribution in [-0.4, -0.2) is 39.5 Å². The second kappa shape index (κ2) is 8.29. The number of aromatic nitrogens is 2. The molecule has 6 nitrogen and oxygen atoms in total. The Hall–Kier alpha value is -2.44. The molecular weight excluding hydrogens is 337 g/mol. The zero-order chi connectivity index (χ0) is 19.3. The van der Waals surface area contributed by atoms with Gasteiger partial charge in [-0.25, -0.2) is 4.79 Å². The van der Waals surface area contributed by atoms with E-state index in [-0.39, 0.29) is 12.4 Å². The first-order chi connectivity index (χ1) is 12.3. The van der Waals surface area contributed by atoms with Crippen molar-refractivity contribution in [3.63, 3.8) is 0 Å². The highest BCUT2D eigenvalue weighted by atomic mass is 19.1. The molecule has 26 heavy (non-hydrogen) atoms. The van der Waals surface area contributed by atoms with Crippen LogP contribution in [-0.2, 0) is 11.3 Å². The molecule has 1 heterocycles. The van der Waals surface area contributed by atoms with E-state index in [2.05, 4.69) is 10.4 Å². The second-order valence-corrected chi connectivity index (χ2v) is 7.45. The first kappa shape index (κ1) is 19.9. The van der Waals surface area contributed by atoms with Gasteiger partial charge in [-0.3, -0.25) is 13.9 Å². The summed E-state index contributed by atoms with van der Waals surface area (Å²) in [5.41, 5.74) is 0.383. The molecule has 0 unspecified atom stereocenters. The highest BCUT2D eigenvalue weighted by Gasteiger charge is 2.33. The number of rotatable bonds is 8. The number of amides is 1. The predicted molar refractivity (Wildman–Crippen MR) is 97.9 cm³/mol. The van der Waals surface area contributed by atoms with Crippen LogP contribution in [0.4, 0.5) is 4.39 Å². The van der Waals surface area contributed by atoms with E-state index in [1.807, 2.05) is 18.2 Å². The molecule has 2 aromatic rings. The van der Waals surface area contributed by atoms with Crippen LogP contribution in [0, 0.1) is 5.41 Å². The lowest BCUT2D eigenvalue weighted by Gasteiger charge is -2.27. The molecule has 2 rings (SSSR count). The molecule has 0 saturated carbocycles. The SMILES string of the molecule is CC(C)(C)[C@H](NC(=O)c1nn(CCCCCF)c2ccccc12)C(=O)O. The number of carbonyl (C=O) groups is 2. The summed E-state index contributed by atoms with van der Waals surface area (Å²) in [4.78, 5) is 24.2. The number of carbonyl (C=O) groups excluding carboxylic acids is 1. The fraction of sp³-hybridized carbons (Fsp3) is 0.526. The van der Waals surface area contributed by atoms with Gasteiger partial charge in [0.15, 0.2) is 5.69 Å². The van der Waals surface area contributed by atoms with Gasteiger partial charge in [0.05, 0.1) is 12.2 Å². The largest absolute Gasteiger partial charge is 0.480 e. The molecule has 0 fully saturated rings. The van der Waals surface area contributed by atoms with E-state index in [0.29, 0.717) is 18.4 Å². The van der Waals surface area contributed by atoms with Gasteiger partial charge in [-0.15, -0.1) is 0 Å². The van der Waals surface area contributed by atoms with Gasteiger partial charge in [0, 0.05) is 11.9 Å². The van der Waals surface area contributed by atoms with Gasteiger partial charge in [0.1, 0.15) is 6.04 Å². The first-order valence-electron chi connectivity index (χ1n) is 8.81. The highest BCUT2D eigenvalue weighted by Crippen LogP contribution is 2.22. The van der Waals surface area contributed by atoms with Gasteiger partial charge in [-0.1, -0.05) is 39.0 Å². The molecule has 0 aliphatic heterocycles. The van der Waals surface area contributed by atoms with Crippen LogP contribution in [0.1, 0.15) is 50.5 Å². The minimum absolute atomic E-state index is 0.210. The third-order valence-corrected chi connectivity index (χ3v) is 4.26. The normalized spacial score (nSPS) is 12.9. The van der Waals surface area contributed by atoms with Crippen molar-refractivity contribution in [1.82, 2.24) is 15.1 Å². The molecule has 0 saturated heterocycles. The molecule has 1 amide bonds. The fourth-order valence-corrected chi connectivity index (χ4v) is 2.85. The topological polar surface area (TPSA) is 84.2 Å². The molecule has 0 radical (unpaired) electrons. The number of carboxylic acids is 1. The van der Waals surface area contributed by atoms with Crippen LogP contribution >= 0.6 is 0 Å². The number of para-hydroxylation sites is 1. The summed E-state index contributed by atoms with van der Waals surface area (Å²) in [5.74, 6) is -1.59. The number of nitrogens with zero attached hydrogens (tertiary/aromatic N) is 2. The maximum atomic E-state index is 12.7. The lowest BCUT2D eigenvalue weighted by Crippen LogP contribution is -2.49. The Morgan fingerprint density at radius 1 is 1.23 bits per heavy atom. The van der Waals surface area contributed by atoms with Gasteiger partial charge in [-0.05, 0) is 30.7 Å². The standard InChI is InChI=1S/C19H26FN3O3/c1-19(2,3)16(18(25)26)21-17(24)15-13-9-5-6-10-14(13)23(22-15)12-8-4-7-11-20/h5-6,9-10,16H,4,7-8,11-12H2,1-3H3,(H,21,24)(H,25,26)/t16-/m1/s1. The van der Waals surface area contributed by atoms with Gasteiger partial charge in [-0.2, -0.15) is 5.10 Å². The van der Waals surface area contributed by atoms with Gasteiger partial charge >= 0.3 is 5.97 Å². The van der Waals surface area contributed by atoms with E-state index in [1.165, 1.54) is 0 Å². The molecule has 7 heteroatoms. The second-order valence-electron chi connectivity index (χ2n) is 7.45. The van der Waals surface area contributed by atoms with Crippen LogP contribution in [0.25, 0.3) is 10.9 Å². The molecule has 2 N–H and O–H groups in total. The number of alkyl halides is 1. The van der Waals surface area contributed by atoms with Crippen molar-refractivity contribution in [3.05, 3.63) is 30.0 Å².